The molecule has 2 fully saturated rings. The Morgan fingerprint density at radius 1 is 1.40 bits per heavy atom. The van der Waals surface area contributed by atoms with E-state index in [0.717, 1.165) is 24.2 Å². The summed E-state index contributed by atoms with van der Waals surface area (Å²) in [7, 11) is 0. The highest BCUT2D eigenvalue weighted by Crippen LogP contribution is 2.57. The van der Waals surface area contributed by atoms with Gasteiger partial charge in [-0.1, -0.05) is 19.1 Å². The molecule has 2 bridgehead atoms. The summed E-state index contributed by atoms with van der Waals surface area (Å²) in [6.45, 7) is 1.87. The van der Waals surface area contributed by atoms with Crippen LogP contribution < -0.4 is 0 Å². The largest absolute Gasteiger partial charge is 0.462 e. The maximum Gasteiger partial charge on any atom is 0.305 e. The molecule has 5 atom stereocenters. The van der Waals surface area contributed by atoms with Gasteiger partial charge in [0.05, 0.1) is 0 Å². The molecule has 3 aliphatic carbocycles. The van der Waals surface area contributed by atoms with Gasteiger partial charge < -0.3 is 4.74 Å². The summed E-state index contributed by atoms with van der Waals surface area (Å²) in [5.41, 5.74) is 0. The van der Waals surface area contributed by atoms with Gasteiger partial charge in [0, 0.05) is 6.42 Å². The van der Waals surface area contributed by atoms with E-state index in [1.807, 2.05) is 6.92 Å². The quantitative estimate of drug-likeness (QED) is 0.512. The minimum atomic E-state index is -0.0185. The molecule has 2 nitrogen and oxygen atoms in total. The van der Waals surface area contributed by atoms with Gasteiger partial charge in [0.15, 0.2) is 0 Å². The van der Waals surface area contributed by atoms with Crippen molar-refractivity contribution in [3.05, 3.63) is 12.2 Å². The molecule has 15 heavy (non-hydrogen) atoms. The number of hydrogen-bond donors (Lipinski definition) is 0. The van der Waals surface area contributed by atoms with Gasteiger partial charge in [-0.15, -0.1) is 0 Å². The van der Waals surface area contributed by atoms with Crippen molar-refractivity contribution in [2.45, 2.75) is 38.7 Å². The molecule has 2 heteroatoms. The lowest BCUT2D eigenvalue weighted by Crippen LogP contribution is -2.32. The van der Waals surface area contributed by atoms with E-state index >= 15 is 0 Å². The maximum absolute atomic E-state index is 11.3. The third-order valence-corrected chi connectivity index (χ3v) is 4.51. The zero-order chi connectivity index (χ0) is 10.4. The van der Waals surface area contributed by atoms with Crippen molar-refractivity contribution in [3.63, 3.8) is 0 Å². The fourth-order valence-corrected chi connectivity index (χ4v) is 3.88. The fraction of sp³-hybridized carbons (Fsp3) is 0.769. The first kappa shape index (κ1) is 9.44. The van der Waals surface area contributed by atoms with Gasteiger partial charge in [-0.25, -0.2) is 0 Å². The first-order valence-corrected chi connectivity index (χ1v) is 6.15. The van der Waals surface area contributed by atoms with Crippen molar-refractivity contribution in [2.24, 2.45) is 23.7 Å². The van der Waals surface area contributed by atoms with Crippen LogP contribution in [0.1, 0.15) is 32.6 Å². The average molecular weight is 206 g/mol. The van der Waals surface area contributed by atoms with Crippen LogP contribution >= 0.6 is 0 Å². The van der Waals surface area contributed by atoms with E-state index in [0.29, 0.717) is 12.3 Å². The van der Waals surface area contributed by atoms with Crippen LogP contribution in [0.2, 0.25) is 0 Å². The summed E-state index contributed by atoms with van der Waals surface area (Å²) in [4.78, 5) is 11.3. The molecule has 0 N–H and O–H groups in total. The number of esters is 1. The van der Waals surface area contributed by atoms with Crippen LogP contribution in [-0.4, -0.2) is 12.1 Å². The molecule has 82 valence electrons. The Bertz CT molecular complexity index is 308. The van der Waals surface area contributed by atoms with Crippen LogP contribution in [0.3, 0.4) is 0 Å². The second-order valence-electron chi connectivity index (χ2n) is 5.18. The van der Waals surface area contributed by atoms with Crippen molar-refractivity contribution in [1.82, 2.24) is 0 Å². The molecule has 0 aromatic carbocycles. The first-order valence-electron chi connectivity index (χ1n) is 6.15. The lowest BCUT2D eigenvalue weighted by Gasteiger charge is -2.30. The Hall–Kier alpha value is -0.790. The predicted molar refractivity (Wildman–Crippen MR) is 57.1 cm³/mol. The van der Waals surface area contributed by atoms with Gasteiger partial charge in [0.1, 0.15) is 6.10 Å². The molecule has 0 aromatic heterocycles. The van der Waals surface area contributed by atoms with E-state index in [1.54, 1.807) is 0 Å². The smallest absolute Gasteiger partial charge is 0.305 e. The van der Waals surface area contributed by atoms with Crippen molar-refractivity contribution < 1.29 is 9.53 Å². The van der Waals surface area contributed by atoms with E-state index in [-0.39, 0.29) is 12.1 Å². The molecule has 0 amide bonds. The molecule has 0 aromatic rings. The number of carbonyl (C=O) groups is 1. The SMILES string of the molecule is CCC(=O)O[C@@H]1C[C@H]2C[C@@H]1[C@H]1CC=C[C@@H]21. The first-order chi connectivity index (χ1) is 7.29. The maximum atomic E-state index is 11.3. The third kappa shape index (κ3) is 1.34. The van der Waals surface area contributed by atoms with E-state index < -0.39 is 0 Å². The van der Waals surface area contributed by atoms with Gasteiger partial charge >= 0.3 is 5.97 Å². The summed E-state index contributed by atoms with van der Waals surface area (Å²) in [5.74, 6) is 3.04. The summed E-state index contributed by atoms with van der Waals surface area (Å²) in [6.07, 6.45) is 9.09. The van der Waals surface area contributed by atoms with Gasteiger partial charge in [0.25, 0.3) is 0 Å². The zero-order valence-corrected chi connectivity index (χ0v) is 9.19. The standard InChI is InChI=1S/C13H18O2/c1-2-13(14)15-12-7-8-6-11(12)10-5-3-4-9(8)10/h3-4,8-12H,2,5-7H2,1H3/t8-,9+,10+,11-,12-/m1/s1. The van der Waals surface area contributed by atoms with Crippen molar-refractivity contribution in [3.8, 4) is 0 Å². The van der Waals surface area contributed by atoms with E-state index in [9.17, 15) is 4.79 Å². The predicted octanol–water partition coefficient (Wildman–Crippen LogP) is 2.54. The summed E-state index contributed by atoms with van der Waals surface area (Å²) in [6, 6.07) is 0. The van der Waals surface area contributed by atoms with E-state index in [1.165, 1.54) is 12.8 Å². The van der Waals surface area contributed by atoms with Crippen LogP contribution in [0.25, 0.3) is 0 Å². The highest BCUT2D eigenvalue weighted by atomic mass is 16.5. The minimum Gasteiger partial charge on any atom is -0.462 e. The number of rotatable bonds is 2. The highest BCUT2D eigenvalue weighted by molar-refractivity contribution is 5.69. The number of fused-ring (bicyclic) bond motifs is 5. The molecule has 3 aliphatic rings. The van der Waals surface area contributed by atoms with Gasteiger partial charge in [0.2, 0.25) is 0 Å². The van der Waals surface area contributed by atoms with Crippen molar-refractivity contribution >= 4 is 5.97 Å². The van der Waals surface area contributed by atoms with E-state index in [2.05, 4.69) is 12.2 Å². The Morgan fingerprint density at radius 3 is 3.07 bits per heavy atom. The molecule has 0 unspecified atom stereocenters. The molecular formula is C13H18O2. The Kier molecular flexibility index (Phi) is 2.11. The third-order valence-electron chi connectivity index (χ3n) is 4.51. The Morgan fingerprint density at radius 2 is 2.27 bits per heavy atom. The Balaban J connectivity index is 1.69. The molecule has 3 rings (SSSR count). The van der Waals surface area contributed by atoms with Crippen molar-refractivity contribution in [2.75, 3.05) is 0 Å². The second-order valence-corrected chi connectivity index (χ2v) is 5.18. The number of carbonyl (C=O) groups excluding carboxylic acids is 1. The lowest BCUT2D eigenvalue weighted by atomic mass is 9.80. The van der Waals surface area contributed by atoms with Crippen LogP contribution in [0.5, 0.6) is 0 Å². The number of allylic oxidation sites excluding steroid dienone is 2. The molecular weight excluding hydrogens is 188 g/mol. The van der Waals surface area contributed by atoms with Crippen LogP contribution in [0.4, 0.5) is 0 Å². The molecule has 0 saturated heterocycles. The summed E-state index contributed by atoms with van der Waals surface area (Å²) < 4.78 is 5.54. The Labute approximate surface area is 90.7 Å². The normalized spacial score (nSPS) is 45.8. The second kappa shape index (κ2) is 3.36. The molecule has 0 radical (unpaired) electrons. The van der Waals surface area contributed by atoms with Gasteiger partial charge in [-0.2, -0.15) is 0 Å². The van der Waals surface area contributed by atoms with Crippen LogP contribution in [0.15, 0.2) is 12.2 Å². The minimum absolute atomic E-state index is 0.0185. The van der Waals surface area contributed by atoms with Crippen LogP contribution in [0, 0.1) is 23.7 Å². The number of hydrogen-bond acceptors (Lipinski definition) is 2. The monoisotopic (exact) mass is 206 g/mol. The summed E-state index contributed by atoms with van der Waals surface area (Å²) >= 11 is 0. The van der Waals surface area contributed by atoms with E-state index in [4.69, 9.17) is 4.74 Å². The average Bonchev–Trinajstić information content (AvgIpc) is 2.87. The molecule has 0 spiro atoms. The van der Waals surface area contributed by atoms with Gasteiger partial charge in [-0.05, 0) is 42.9 Å². The number of ether oxygens (including phenoxy) is 1. The fourth-order valence-electron chi connectivity index (χ4n) is 3.88. The van der Waals surface area contributed by atoms with Crippen molar-refractivity contribution in [1.29, 1.82) is 0 Å². The highest BCUT2D eigenvalue weighted by Gasteiger charge is 2.53. The molecule has 2 saturated carbocycles. The van der Waals surface area contributed by atoms with Gasteiger partial charge in [-0.3, -0.25) is 4.79 Å². The molecule has 0 heterocycles. The summed E-state index contributed by atoms with van der Waals surface area (Å²) in [5, 5.41) is 0. The van der Waals surface area contributed by atoms with Crippen LogP contribution in [-0.2, 0) is 9.53 Å². The zero-order valence-electron chi connectivity index (χ0n) is 9.19. The lowest BCUT2D eigenvalue weighted by molar-refractivity contribution is -0.152. The topological polar surface area (TPSA) is 26.3 Å². The molecule has 0 aliphatic heterocycles.